The maximum Gasteiger partial charge on any atom is 0.256 e. The Morgan fingerprint density at radius 3 is 2.81 bits per heavy atom. The average Bonchev–Trinajstić information content (AvgIpc) is 3.23. The molecule has 0 spiro atoms. The number of aromatic hydroxyl groups is 1. The molecular weight excluding hydrogens is 387 g/mol. The van der Waals surface area contributed by atoms with Crippen LogP contribution < -0.4 is 4.90 Å². The van der Waals surface area contributed by atoms with Gasteiger partial charge in [-0.05, 0) is 43.2 Å². The van der Waals surface area contributed by atoms with E-state index in [1.807, 2.05) is 11.0 Å². The number of amides is 1. The van der Waals surface area contributed by atoms with Crippen LogP contribution in [0.1, 0.15) is 18.4 Å². The first-order valence-electron chi connectivity index (χ1n) is 8.37. The Balaban J connectivity index is 1.86. The van der Waals surface area contributed by atoms with Crippen LogP contribution in [0.2, 0.25) is 10.0 Å². The van der Waals surface area contributed by atoms with Crippen LogP contribution in [0.4, 0.5) is 11.4 Å². The normalized spacial score (nSPS) is 20.3. The number of nitriles is 1. The Morgan fingerprint density at radius 2 is 2.07 bits per heavy atom. The topological polar surface area (TPSA) is 79.9 Å². The summed E-state index contributed by atoms with van der Waals surface area (Å²) in [5.74, 6) is 0.143. The zero-order valence-electron chi connectivity index (χ0n) is 14.1. The van der Waals surface area contributed by atoms with Gasteiger partial charge in [-0.1, -0.05) is 29.3 Å². The first-order valence-corrected chi connectivity index (χ1v) is 9.13. The molecule has 2 aromatic carbocycles. The van der Waals surface area contributed by atoms with Gasteiger partial charge in [0.1, 0.15) is 17.5 Å². The van der Waals surface area contributed by atoms with E-state index in [9.17, 15) is 9.90 Å². The monoisotopic (exact) mass is 400 g/mol. The molecule has 2 aliphatic heterocycles. The minimum absolute atomic E-state index is 0.122. The Hall–Kier alpha value is -2.75. The Kier molecular flexibility index (Phi) is 4.42. The van der Waals surface area contributed by atoms with E-state index in [-0.39, 0.29) is 28.4 Å². The lowest BCUT2D eigenvalue weighted by Gasteiger charge is -2.22. The number of anilines is 1. The van der Waals surface area contributed by atoms with E-state index < -0.39 is 0 Å². The third kappa shape index (κ3) is 2.89. The van der Waals surface area contributed by atoms with Crippen LogP contribution in [-0.2, 0) is 4.79 Å². The zero-order valence-corrected chi connectivity index (χ0v) is 15.6. The number of carbonyl (C=O) groups excluding carboxylic acids is 1. The lowest BCUT2D eigenvalue weighted by atomic mass is 10.2. The van der Waals surface area contributed by atoms with Crippen molar-refractivity contribution in [2.75, 3.05) is 11.4 Å². The van der Waals surface area contributed by atoms with Crippen LogP contribution in [-0.4, -0.2) is 34.5 Å². The standard InChI is InChI=1S/C19H14Cl2N4O2/c20-12-3-1-4-14(17(12)21)25-18(27)15-5-2-8-24(15)19(25)23-13-7-6-11(10-22)9-16(13)26/h1,3-4,6-7,9,15,26H,2,5,8H2/t15-/m0/s1. The van der Waals surface area contributed by atoms with Crippen LogP contribution >= 0.6 is 23.2 Å². The van der Waals surface area contributed by atoms with Crippen LogP contribution in [0, 0.1) is 11.3 Å². The maximum atomic E-state index is 13.0. The summed E-state index contributed by atoms with van der Waals surface area (Å²) in [5.41, 5.74) is 1.05. The molecule has 27 heavy (non-hydrogen) atoms. The second-order valence-corrected chi connectivity index (χ2v) is 7.11. The molecular formula is C19H14Cl2N4O2. The number of aliphatic imine (C=N–C) groups is 1. The average molecular weight is 401 g/mol. The second kappa shape index (κ2) is 6.76. The number of phenolic OH excluding ortho intramolecular Hbond substituents is 1. The van der Waals surface area contributed by atoms with E-state index in [0.717, 1.165) is 12.8 Å². The predicted octanol–water partition coefficient (Wildman–Crippen LogP) is 4.07. The highest BCUT2D eigenvalue weighted by molar-refractivity contribution is 6.45. The van der Waals surface area contributed by atoms with Crippen molar-refractivity contribution in [1.29, 1.82) is 5.26 Å². The third-order valence-electron chi connectivity index (χ3n) is 4.71. The van der Waals surface area contributed by atoms with Gasteiger partial charge in [0.2, 0.25) is 5.96 Å². The second-order valence-electron chi connectivity index (χ2n) is 6.33. The number of hydrogen-bond acceptors (Lipinski definition) is 4. The molecule has 2 heterocycles. The summed E-state index contributed by atoms with van der Waals surface area (Å²) in [6, 6.07) is 11.2. The number of halogens is 2. The molecule has 2 aromatic rings. The number of hydrogen-bond donors (Lipinski definition) is 1. The number of fused-ring (bicyclic) bond motifs is 1. The zero-order chi connectivity index (χ0) is 19.1. The van der Waals surface area contributed by atoms with Crippen molar-refractivity contribution in [3.8, 4) is 11.8 Å². The van der Waals surface area contributed by atoms with Crippen molar-refractivity contribution in [1.82, 2.24) is 4.90 Å². The molecule has 0 bridgehead atoms. The summed E-state index contributed by atoms with van der Waals surface area (Å²) in [4.78, 5) is 20.9. The quantitative estimate of drug-likeness (QED) is 0.823. The first-order chi connectivity index (χ1) is 13.0. The highest BCUT2D eigenvalue weighted by Gasteiger charge is 2.47. The molecule has 1 amide bonds. The van der Waals surface area contributed by atoms with E-state index in [2.05, 4.69) is 4.99 Å². The van der Waals surface area contributed by atoms with Crippen LogP contribution in [0.15, 0.2) is 41.4 Å². The summed E-state index contributed by atoms with van der Waals surface area (Å²) in [5, 5.41) is 19.8. The molecule has 8 heteroatoms. The molecule has 4 rings (SSSR count). The van der Waals surface area contributed by atoms with E-state index in [1.54, 1.807) is 30.3 Å². The third-order valence-corrected chi connectivity index (χ3v) is 5.52. The fraction of sp³-hybridized carbons (Fsp3) is 0.211. The van der Waals surface area contributed by atoms with Crippen LogP contribution in [0.5, 0.6) is 5.75 Å². The summed E-state index contributed by atoms with van der Waals surface area (Å²) in [7, 11) is 0. The number of guanidine groups is 1. The van der Waals surface area contributed by atoms with Crippen LogP contribution in [0.25, 0.3) is 0 Å². The molecule has 6 nitrogen and oxygen atoms in total. The fourth-order valence-electron chi connectivity index (χ4n) is 3.44. The molecule has 2 fully saturated rings. The van der Waals surface area contributed by atoms with E-state index in [4.69, 9.17) is 28.5 Å². The Morgan fingerprint density at radius 1 is 1.26 bits per heavy atom. The number of phenols is 1. The maximum absolute atomic E-state index is 13.0. The van der Waals surface area contributed by atoms with E-state index >= 15 is 0 Å². The molecule has 1 atom stereocenters. The molecule has 1 N–H and O–H groups in total. The fourth-order valence-corrected chi connectivity index (χ4v) is 3.82. The van der Waals surface area contributed by atoms with Gasteiger partial charge in [-0.15, -0.1) is 0 Å². The lowest BCUT2D eigenvalue weighted by Crippen LogP contribution is -2.34. The minimum atomic E-state index is -0.306. The molecule has 0 aliphatic carbocycles. The van der Waals surface area contributed by atoms with Gasteiger partial charge in [-0.25, -0.2) is 9.89 Å². The van der Waals surface area contributed by atoms with E-state index in [0.29, 0.717) is 28.8 Å². The van der Waals surface area contributed by atoms with Gasteiger partial charge >= 0.3 is 0 Å². The number of rotatable bonds is 2. The summed E-state index contributed by atoms with van der Waals surface area (Å²) < 4.78 is 0. The summed E-state index contributed by atoms with van der Waals surface area (Å²) in [6.07, 6.45) is 1.61. The number of nitrogens with zero attached hydrogens (tertiary/aromatic N) is 4. The van der Waals surface area contributed by atoms with Gasteiger partial charge in [0.05, 0.1) is 27.4 Å². The van der Waals surface area contributed by atoms with Gasteiger partial charge in [0.25, 0.3) is 5.91 Å². The van der Waals surface area contributed by atoms with Crippen molar-refractivity contribution in [3.63, 3.8) is 0 Å². The van der Waals surface area contributed by atoms with Crippen LogP contribution in [0.3, 0.4) is 0 Å². The molecule has 0 aromatic heterocycles. The predicted molar refractivity (Wildman–Crippen MR) is 104 cm³/mol. The molecule has 2 aliphatic rings. The molecule has 0 saturated carbocycles. The number of carbonyl (C=O) groups is 1. The SMILES string of the molecule is N#Cc1ccc(N=C2N(c3cccc(Cl)c3Cl)C(=O)[C@@H]3CCCN23)c(O)c1. The van der Waals surface area contributed by atoms with Crippen molar-refractivity contribution in [3.05, 3.63) is 52.0 Å². The molecule has 0 unspecified atom stereocenters. The highest BCUT2D eigenvalue weighted by Crippen LogP contribution is 2.39. The van der Waals surface area contributed by atoms with Crippen molar-refractivity contribution in [2.45, 2.75) is 18.9 Å². The van der Waals surface area contributed by atoms with Crippen molar-refractivity contribution < 1.29 is 9.90 Å². The lowest BCUT2D eigenvalue weighted by molar-refractivity contribution is -0.119. The van der Waals surface area contributed by atoms with Gasteiger partial charge in [0.15, 0.2) is 0 Å². The van der Waals surface area contributed by atoms with Gasteiger partial charge in [-0.2, -0.15) is 5.26 Å². The Labute approximate surface area is 165 Å². The van der Waals surface area contributed by atoms with Crippen molar-refractivity contribution >= 4 is 46.4 Å². The van der Waals surface area contributed by atoms with E-state index in [1.165, 1.54) is 11.0 Å². The molecule has 136 valence electrons. The smallest absolute Gasteiger partial charge is 0.256 e. The van der Waals surface area contributed by atoms with Gasteiger partial charge in [-0.3, -0.25) is 4.79 Å². The molecule has 2 saturated heterocycles. The van der Waals surface area contributed by atoms with Crippen molar-refractivity contribution in [2.24, 2.45) is 4.99 Å². The molecule has 0 radical (unpaired) electrons. The summed E-state index contributed by atoms with van der Waals surface area (Å²) in [6.45, 7) is 0.682. The first kappa shape index (κ1) is 17.7. The van der Waals surface area contributed by atoms with Gasteiger partial charge < -0.3 is 10.0 Å². The van der Waals surface area contributed by atoms with Gasteiger partial charge in [0, 0.05) is 6.54 Å². The summed E-state index contributed by atoms with van der Waals surface area (Å²) >= 11 is 12.5. The minimum Gasteiger partial charge on any atom is -0.506 e. The highest BCUT2D eigenvalue weighted by atomic mass is 35.5. The largest absolute Gasteiger partial charge is 0.506 e. The Bertz CT molecular complexity index is 1020. The number of benzene rings is 2.